The average Bonchev–Trinajstić information content (AvgIpc) is 3.03. The number of anilines is 1. The van der Waals surface area contributed by atoms with Gasteiger partial charge in [0.05, 0.1) is 5.02 Å². The van der Waals surface area contributed by atoms with Crippen molar-refractivity contribution in [2.75, 3.05) is 11.9 Å². The van der Waals surface area contributed by atoms with Gasteiger partial charge in [0.15, 0.2) is 12.1 Å². The van der Waals surface area contributed by atoms with Gasteiger partial charge in [0.25, 0.3) is 5.91 Å². The van der Waals surface area contributed by atoms with Crippen LogP contribution in [0.1, 0.15) is 67.3 Å². The number of ketones is 1. The van der Waals surface area contributed by atoms with E-state index in [-0.39, 0.29) is 29.5 Å². The van der Waals surface area contributed by atoms with E-state index in [1.807, 2.05) is 36.1 Å². The Kier molecular flexibility index (Phi) is 9.57. The van der Waals surface area contributed by atoms with Crippen molar-refractivity contribution in [1.29, 1.82) is 0 Å². The van der Waals surface area contributed by atoms with Crippen molar-refractivity contribution in [2.45, 2.75) is 45.2 Å². The van der Waals surface area contributed by atoms with Crippen molar-refractivity contribution in [2.24, 2.45) is 0 Å². The minimum absolute atomic E-state index is 0.0337. The zero-order valence-electron chi connectivity index (χ0n) is 24.1. The van der Waals surface area contributed by atoms with Gasteiger partial charge in [-0.25, -0.2) is 0 Å². The van der Waals surface area contributed by atoms with Crippen LogP contribution in [0.25, 0.3) is 11.1 Å². The van der Waals surface area contributed by atoms with Crippen molar-refractivity contribution in [1.82, 2.24) is 14.9 Å². The van der Waals surface area contributed by atoms with Gasteiger partial charge in [-0.2, -0.15) is 0 Å². The molecule has 1 atom stereocenters. The molecule has 4 aromatic rings. The van der Waals surface area contributed by atoms with Gasteiger partial charge in [0.2, 0.25) is 0 Å². The molecule has 2 aromatic carbocycles. The van der Waals surface area contributed by atoms with Crippen LogP contribution in [0.4, 0.5) is 5.69 Å². The number of benzene rings is 2. The molecule has 224 valence electrons. The molecule has 1 fully saturated rings. The predicted molar refractivity (Wildman–Crippen MR) is 167 cm³/mol. The zero-order valence-corrected chi connectivity index (χ0v) is 24.9. The molecule has 0 spiro atoms. The molecule has 1 amide bonds. The van der Waals surface area contributed by atoms with E-state index in [1.165, 1.54) is 12.3 Å². The number of carboxylic acids is 1. The molecule has 2 aromatic heterocycles. The first-order valence-electron chi connectivity index (χ1n) is 14.3. The highest BCUT2D eigenvalue weighted by Crippen LogP contribution is 2.36. The van der Waals surface area contributed by atoms with Gasteiger partial charge in [0.1, 0.15) is 17.4 Å². The zero-order chi connectivity index (χ0) is 31.2. The lowest BCUT2D eigenvalue weighted by Gasteiger charge is -2.32. The van der Waals surface area contributed by atoms with Crippen LogP contribution in [0.15, 0.2) is 73.1 Å². The molecule has 10 heteroatoms. The van der Waals surface area contributed by atoms with Gasteiger partial charge in [-0.1, -0.05) is 54.4 Å². The third kappa shape index (κ3) is 6.90. The number of hydrogen-bond acceptors (Lipinski definition) is 7. The number of aliphatic carboxylic acids is 1. The Morgan fingerprint density at radius 2 is 1.73 bits per heavy atom. The fraction of sp³-hybridized carbons (Fsp3) is 0.235. The molecule has 2 N–H and O–H groups in total. The first kappa shape index (κ1) is 30.7. The maximum atomic E-state index is 13.1. The van der Waals surface area contributed by atoms with E-state index in [0.717, 1.165) is 35.1 Å². The van der Waals surface area contributed by atoms with Crippen molar-refractivity contribution in [3.8, 4) is 11.1 Å². The summed E-state index contributed by atoms with van der Waals surface area (Å²) in [6.07, 6.45) is 6.17. The van der Waals surface area contributed by atoms with Gasteiger partial charge in [-0.05, 0) is 72.8 Å². The Morgan fingerprint density at radius 3 is 2.43 bits per heavy atom. The summed E-state index contributed by atoms with van der Waals surface area (Å²) >= 11 is 6.81. The van der Waals surface area contributed by atoms with Gasteiger partial charge < -0.3 is 10.4 Å². The number of piperidine rings is 1. The maximum absolute atomic E-state index is 13.1. The summed E-state index contributed by atoms with van der Waals surface area (Å²) < 4.78 is 0. The van der Waals surface area contributed by atoms with Crippen LogP contribution in [0.2, 0.25) is 5.02 Å². The number of nitrogens with one attached hydrogen (secondary N) is 1. The Hall–Kier alpha value is -4.73. The minimum Gasteiger partial charge on any atom is -0.480 e. The van der Waals surface area contributed by atoms with Crippen LogP contribution in [-0.4, -0.2) is 56.5 Å². The summed E-state index contributed by atoms with van der Waals surface area (Å²) in [5, 5.41) is 12.9. The third-order valence-electron chi connectivity index (χ3n) is 7.85. The number of nitrogens with zero attached hydrogens (tertiary/aromatic N) is 3. The second-order valence-corrected chi connectivity index (χ2v) is 11.2. The van der Waals surface area contributed by atoms with Crippen LogP contribution in [0, 0.1) is 6.92 Å². The molecule has 5 rings (SSSR count). The molecule has 1 aliphatic heterocycles. The number of hydrogen-bond donors (Lipinski definition) is 2. The lowest BCUT2D eigenvalue weighted by atomic mass is 9.95. The summed E-state index contributed by atoms with van der Waals surface area (Å²) in [6.45, 7) is 3.05. The molecular weight excluding hydrogens is 580 g/mol. The molecule has 0 unspecified atom stereocenters. The van der Waals surface area contributed by atoms with Gasteiger partial charge in [0, 0.05) is 42.2 Å². The molecular formula is C34H31ClN4O5. The smallest absolute Gasteiger partial charge is 0.320 e. The molecule has 0 saturated carbocycles. The van der Waals surface area contributed by atoms with Crippen molar-refractivity contribution >= 4 is 41.2 Å². The number of aldehydes is 1. The number of likely N-dealkylation sites (tertiary alicyclic amines) is 1. The number of aromatic nitrogens is 2. The quantitative estimate of drug-likeness (QED) is 0.164. The van der Waals surface area contributed by atoms with E-state index in [2.05, 4.69) is 15.3 Å². The van der Waals surface area contributed by atoms with E-state index in [9.17, 15) is 24.3 Å². The van der Waals surface area contributed by atoms with Crippen molar-refractivity contribution in [3.05, 3.63) is 112 Å². The Bertz CT molecular complexity index is 1710. The van der Waals surface area contributed by atoms with E-state index in [1.54, 1.807) is 36.5 Å². The lowest BCUT2D eigenvalue weighted by Crippen LogP contribution is -2.44. The predicted octanol–water partition coefficient (Wildman–Crippen LogP) is 6.03. The van der Waals surface area contributed by atoms with Gasteiger partial charge in [-0.3, -0.25) is 34.0 Å². The van der Waals surface area contributed by atoms with E-state index in [4.69, 9.17) is 11.6 Å². The van der Waals surface area contributed by atoms with E-state index in [0.29, 0.717) is 47.6 Å². The number of carbonyl (C=O) groups excluding carboxylic acids is 3. The molecule has 1 saturated heterocycles. The summed E-state index contributed by atoms with van der Waals surface area (Å²) in [5.41, 5.74) is 5.24. The number of carbonyl (C=O) groups is 4. The summed E-state index contributed by atoms with van der Waals surface area (Å²) in [4.78, 5) is 58.9. The fourth-order valence-corrected chi connectivity index (χ4v) is 5.72. The van der Waals surface area contributed by atoms with Crippen LogP contribution < -0.4 is 5.32 Å². The number of halogens is 1. The molecule has 44 heavy (non-hydrogen) atoms. The minimum atomic E-state index is -0.813. The van der Waals surface area contributed by atoms with Crippen molar-refractivity contribution < 1.29 is 24.3 Å². The first-order chi connectivity index (χ1) is 21.2. The normalized spacial score (nSPS) is 15.0. The second kappa shape index (κ2) is 13.7. The first-order valence-corrected chi connectivity index (χ1v) is 14.7. The highest BCUT2D eigenvalue weighted by molar-refractivity contribution is 6.34. The Morgan fingerprint density at radius 1 is 0.977 bits per heavy atom. The summed E-state index contributed by atoms with van der Waals surface area (Å²) in [5.74, 6) is -1.42. The number of rotatable bonds is 10. The monoisotopic (exact) mass is 610 g/mol. The van der Waals surface area contributed by atoms with Crippen LogP contribution >= 0.6 is 11.6 Å². The van der Waals surface area contributed by atoms with Crippen LogP contribution in [0.5, 0.6) is 0 Å². The highest BCUT2D eigenvalue weighted by Gasteiger charge is 2.28. The largest absolute Gasteiger partial charge is 0.480 e. The average molecular weight is 611 g/mol. The third-order valence-corrected chi connectivity index (χ3v) is 8.30. The van der Waals surface area contributed by atoms with E-state index < -0.39 is 12.0 Å². The SMILES string of the molecule is Cc1c(NC(=O)c2ccc(CN3CCCC[C@H]3C(=O)O)cn2)cccc1-c1cccc(CC(=O)c2ccc(C=O)cn2)c1Cl. The summed E-state index contributed by atoms with van der Waals surface area (Å²) in [7, 11) is 0. The maximum Gasteiger partial charge on any atom is 0.320 e. The second-order valence-electron chi connectivity index (χ2n) is 10.8. The fourth-order valence-electron chi connectivity index (χ4n) is 5.42. The number of amides is 1. The Balaban J connectivity index is 1.29. The molecule has 0 radical (unpaired) electrons. The number of Topliss-reactive ketones (excluding diaryl/α,β-unsaturated/α-hetero) is 1. The molecule has 0 aliphatic carbocycles. The highest BCUT2D eigenvalue weighted by atomic mass is 35.5. The molecule has 9 nitrogen and oxygen atoms in total. The molecule has 1 aliphatic rings. The number of pyridine rings is 2. The van der Waals surface area contributed by atoms with Crippen LogP contribution in [0.3, 0.4) is 0 Å². The van der Waals surface area contributed by atoms with Crippen LogP contribution in [-0.2, 0) is 17.8 Å². The molecule has 0 bridgehead atoms. The van der Waals surface area contributed by atoms with E-state index >= 15 is 0 Å². The lowest BCUT2D eigenvalue weighted by molar-refractivity contribution is -0.144. The number of carboxylic acid groups (broad SMARTS) is 1. The van der Waals surface area contributed by atoms with Crippen molar-refractivity contribution in [3.63, 3.8) is 0 Å². The Labute approximate surface area is 259 Å². The standard InChI is InChI=1S/C34H31ClN4O5/c1-21-25(26-8-4-6-24(32(26)35)16-31(41)28-13-12-23(20-40)18-36-28)7-5-9-27(21)38-33(42)29-14-11-22(17-37-29)19-39-15-3-2-10-30(39)34(43)44/h4-9,11-14,17-18,20,30H,2-3,10,15-16,19H2,1H3,(H,38,42)(H,43,44)/t30-/m0/s1. The van der Waals surface area contributed by atoms with Gasteiger partial charge in [-0.15, -0.1) is 0 Å². The molecule has 3 heterocycles. The summed E-state index contributed by atoms with van der Waals surface area (Å²) in [6, 6.07) is 17.0. The topological polar surface area (TPSA) is 130 Å². The van der Waals surface area contributed by atoms with Gasteiger partial charge >= 0.3 is 5.97 Å².